The predicted octanol–water partition coefficient (Wildman–Crippen LogP) is 5.11. The van der Waals surface area contributed by atoms with Crippen LogP contribution in [-0.4, -0.2) is 23.9 Å². The highest BCUT2D eigenvalue weighted by Crippen LogP contribution is 2.43. The summed E-state index contributed by atoms with van der Waals surface area (Å²) in [6, 6.07) is 17.8. The van der Waals surface area contributed by atoms with E-state index in [0.29, 0.717) is 10.6 Å². The fraction of sp³-hybridized carbons (Fsp3) is 0.0833. The quantitative estimate of drug-likeness (QED) is 0.350. The van der Waals surface area contributed by atoms with Gasteiger partial charge in [0.15, 0.2) is 0 Å². The summed E-state index contributed by atoms with van der Waals surface area (Å²) < 4.78 is 19.2. The van der Waals surface area contributed by atoms with Gasteiger partial charge in [0, 0.05) is 10.7 Å². The minimum absolute atomic E-state index is 0.138. The molecule has 3 aromatic carbocycles. The van der Waals surface area contributed by atoms with Gasteiger partial charge in [0.2, 0.25) is 0 Å². The minimum atomic E-state index is -0.966. The van der Waals surface area contributed by atoms with Crippen molar-refractivity contribution in [3.63, 3.8) is 0 Å². The second-order valence-electron chi connectivity index (χ2n) is 6.90. The third-order valence-electron chi connectivity index (χ3n) is 5.06. The van der Waals surface area contributed by atoms with Gasteiger partial charge in [-0.1, -0.05) is 48.0 Å². The van der Waals surface area contributed by atoms with Gasteiger partial charge in [-0.2, -0.15) is 0 Å². The van der Waals surface area contributed by atoms with Crippen molar-refractivity contribution in [3.8, 4) is 5.75 Å². The first-order chi connectivity index (χ1) is 14.9. The van der Waals surface area contributed by atoms with Crippen LogP contribution in [0.3, 0.4) is 0 Å². The summed E-state index contributed by atoms with van der Waals surface area (Å²) in [5.41, 5.74) is 0.816. The zero-order chi connectivity index (χ0) is 22.1. The van der Waals surface area contributed by atoms with E-state index in [0.717, 1.165) is 0 Å². The summed E-state index contributed by atoms with van der Waals surface area (Å²) in [6.07, 6.45) is 0. The molecule has 0 aromatic heterocycles. The maximum Gasteiger partial charge on any atom is 0.300 e. The molecule has 4 rings (SSSR count). The highest BCUT2D eigenvalue weighted by Gasteiger charge is 2.47. The number of benzene rings is 3. The van der Waals surface area contributed by atoms with Gasteiger partial charge >= 0.3 is 0 Å². The lowest BCUT2D eigenvalue weighted by atomic mass is 9.95. The van der Waals surface area contributed by atoms with E-state index in [1.54, 1.807) is 42.5 Å². The Morgan fingerprint density at radius 3 is 2.45 bits per heavy atom. The first-order valence-corrected chi connectivity index (χ1v) is 9.75. The van der Waals surface area contributed by atoms with Crippen LogP contribution in [0, 0.1) is 5.82 Å². The van der Waals surface area contributed by atoms with Crippen LogP contribution in [0.25, 0.3) is 5.76 Å². The highest BCUT2D eigenvalue weighted by molar-refractivity contribution is 6.51. The van der Waals surface area contributed by atoms with Gasteiger partial charge in [-0.15, -0.1) is 0 Å². The molecule has 156 valence electrons. The summed E-state index contributed by atoms with van der Waals surface area (Å²) in [7, 11) is 1.42. The number of carbonyl (C=O) groups is 2. The van der Waals surface area contributed by atoms with E-state index < -0.39 is 29.3 Å². The minimum Gasteiger partial charge on any atom is -0.507 e. The number of methoxy groups -OCH3 is 1. The largest absolute Gasteiger partial charge is 0.507 e. The molecular weight excluding hydrogens is 421 g/mol. The van der Waals surface area contributed by atoms with Crippen LogP contribution in [0.4, 0.5) is 10.1 Å². The zero-order valence-corrected chi connectivity index (χ0v) is 17.1. The van der Waals surface area contributed by atoms with Crippen LogP contribution in [0.5, 0.6) is 5.75 Å². The average Bonchev–Trinajstić information content (AvgIpc) is 3.04. The SMILES string of the molecule is COc1ccc(Cl)cc1/C(O)=C1\C(=O)C(=O)N(c2cccc(F)c2)C1c1ccccc1. The molecule has 1 saturated heterocycles. The Bertz CT molecular complexity index is 1210. The predicted molar refractivity (Wildman–Crippen MR) is 116 cm³/mol. The van der Waals surface area contributed by atoms with Crippen LogP contribution in [-0.2, 0) is 9.59 Å². The molecule has 7 heteroatoms. The molecule has 0 spiro atoms. The van der Waals surface area contributed by atoms with Crippen molar-refractivity contribution in [1.82, 2.24) is 0 Å². The Balaban J connectivity index is 1.99. The summed E-state index contributed by atoms with van der Waals surface area (Å²) >= 11 is 6.09. The molecule has 1 fully saturated rings. The lowest BCUT2D eigenvalue weighted by Crippen LogP contribution is -2.29. The lowest BCUT2D eigenvalue weighted by Gasteiger charge is -2.25. The van der Waals surface area contributed by atoms with Crippen molar-refractivity contribution >= 4 is 34.7 Å². The van der Waals surface area contributed by atoms with E-state index in [-0.39, 0.29) is 22.6 Å². The molecule has 1 heterocycles. The van der Waals surface area contributed by atoms with Crippen LogP contribution in [0.1, 0.15) is 17.2 Å². The molecule has 0 saturated carbocycles. The van der Waals surface area contributed by atoms with Crippen molar-refractivity contribution in [1.29, 1.82) is 0 Å². The molecule has 3 aromatic rings. The number of nitrogens with zero attached hydrogens (tertiary/aromatic N) is 1. The van der Waals surface area contributed by atoms with Gasteiger partial charge in [0.1, 0.15) is 17.3 Å². The van der Waals surface area contributed by atoms with Gasteiger partial charge in [-0.25, -0.2) is 4.39 Å². The highest BCUT2D eigenvalue weighted by atomic mass is 35.5. The van der Waals surface area contributed by atoms with E-state index in [4.69, 9.17) is 16.3 Å². The Morgan fingerprint density at radius 1 is 1.03 bits per heavy atom. The van der Waals surface area contributed by atoms with Gasteiger partial charge in [0.25, 0.3) is 11.7 Å². The smallest absolute Gasteiger partial charge is 0.300 e. The number of amides is 1. The van der Waals surface area contributed by atoms with Crippen LogP contribution >= 0.6 is 11.6 Å². The van der Waals surface area contributed by atoms with E-state index in [9.17, 15) is 19.1 Å². The number of halogens is 2. The molecule has 1 atom stereocenters. The molecule has 0 bridgehead atoms. The molecule has 31 heavy (non-hydrogen) atoms. The Kier molecular flexibility index (Phi) is 5.48. The number of hydrogen-bond acceptors (Lipinski definition) is 4. The van der Waals surface area contributed by atoms with E-state index in [1.165, 1.54) is 42.3 Å². The van der Waals surface area contributed by atoms with Crippen molar-refractivity contribution in [3.05, 3.63) is 100 Å². The normalized spacial score (nSPS) is 17.8. The second-order valence-corrected chi connectivity index (χ2v) is 7.34. The maximum absolute atomic E-state index is 13.9. The van der Waals surface area contributed by atoms with Crippen molar-refractivity contribution < 1.29 is 23.8 Å². The molecule has 1 amide bonds. The van der Waals surface area contributed by atoms with Crippen LogP contribution < -0.4 is 9.64 Å². The molecule has 5 nitrogen and oxygen atoms in total. The number of Topliss-reactive ketones (excluding diaryl/α,β-unsaturated/α-hetero) is 1. The first kappa shape index (κ1) is 20.6. The lowest BCUT2D eigenvalue weighted by molar-refractivity contribution is -0.132. The Morgan fingerprint density at radius 2 is 1.77 bits per heavy atom. The summed E-state index contributed by atoms with van der Waals surface area (Å²) in [4.78, 5) is 27.3. The number of ether oxygens (including phenoxy) is 1. The molecule has 1 aliphatic heterocycles. The van der Waals surface area contributed by atoms with Gasteiger partial charge in [-0.3, -0.25) is 14.5 Å². The maximum atomic E-state index is 13.9. The average molecular weight is 438 g/mol. The van der Waals surface area contributed by atoms with Gasteiger partial charge < -0.3 is 9.84 Å². The van der Waals surface area contributed by atoms with Crippen molar-refractivity contribution in [2.24, 2.45) is 0 Å². The van der Waals surface area contributed by atoms with E-state index in [1.807, 2.05) is 0 Å². The monoisotopic (exact) mass is 437 g/mol. The first-order valence-electron chi connectivity index (χ1n) is 9.38. The number of aliphatic hydroxyl groups is 1. The summed E-state index contributed by atoms with van der Waals surface area (Å²) in [5, 5.41) is 11.5. The van der Waals surface area contributed by atoms with Crippen LogP contribution in [0.2, 0.25) is 5.02 Å². The fourth-order valence-electron chi connectivity index (χ4n) is 3.69. The number of anilines is 1. The molecule has 1 aliphatic rings. The van der Waals surface area contributed by atoms with Gasteiger partial charge in [-0.05, 0) is 42.0 Å². The zero-order valence-electron chi connectivity index (χ0n) is 16.4. The Labute approximate surface area is 182 Å². The summed E-state index contributed by atoms with van der Waals surface area (Å²) in [6.45, 7) is 0. The fourth-order valence-corrected chi connectivity index (χ4v) is 3.86. The molecular formula is C24H17ClFNO4. The number of aliphatic hydroxyl groups excluding tert-OH is 1. The number of rotatable bonds is 4. The number of ketones is 1. The van der Waals surface area contributed by atoms with E-state index in [2.05, 4.69) is 0 Å². The molecule has 1 unspecified atom stereocenters. The standard InChI is InChI=1S/C24H17ClFNO4/c1-31-19-11-10-15(25)12-18(19)22(28)20-21(14-6-3-2-4-7-14)27(24(30)23(20)29)17-9-5-8-16(26)13-17/h2-13,21,28H,1H3/b22-20+. The molecule has 1 N–H and O–H groups in total. The second kappa shape index (κ2) is 8.24. The molecule has 0 aliphatic carbocycles. The third-order valence-corrected chi connectivity index (χ3v) is 5.30. The van der Waals surface area contributed by atoms with Crippen LogP contribution in [0.15, 0.2) is 78.4 Å². The van der Waals surface area contributed by atoms with Crippen molar-refractivity contribution in [2.45, 2.75) is 6.04 Å². The van der Waals surface area contributed by atoms with Gasteiger partial charge in [0.05, 0.1) is 24.3 Å². The Hall–Kier alpha value is -3.64. The number of hydrogen-bond donors (Lipinski definition) is 1. The topological polar surface area (TPSA) is 66.8 Å². The molecule has 0 radical (unpaired) electrons. The van der Waals surface area contributed by atoms with E-state index >= 15 is 0 Å². The number of carbonyl (C=O) groups excluding carboxylic acids is 2. The van der Waals surface area contributed by atoms with Crippen molar-refractivity contribution in [2.75, 3.05) is 12.0 Å². The summed E-state index contributed by atoms with van der Waals surface area (Å²) in [5.74, 6) is -2.46. The third kappa shape index (κ3) is 3.66.